The zero-order chi connectivity index (χ0) is 20.2. The molecule has 1 fully saturated rings. The lowest BCUT2D eigenvalue weighted by atomic mass is 10.1. The normalized spacial score (nSPS) is 15.8. The van der Waals surface area contributed by atoms with Gasteiger partial charge in [-0.3, -0.25) is 4.90 Å². The number of hydrogen-bond acceptors (Lipinski definition) is 7. The number of nitrogens with zero attached hydrogens (tertiary/aromatic N) is 6. The van der Waals surface area contributed by atoms with Gasteiger partial charge >= 0.3 is 0 Å². The summed E-state index contributed by atoms with van der Waals surface area (Å²) < 4.78 is 7.12. The van der Waals surface area contributed by atoms with Crippen molar-refractivity contribution in [2.75, 3.05) is 44.8 Å². The second-order valence-corrected chi connectivity index (χ2v) is 8.46. The summed E-state index contributed by atoms with van der Waals surface area (Å²) in [6, 6.07) is 11.1. The minimum Gasteiger partial charge on any atom is -0.383 e. The highest BCUT2D eigenvalue weighted by molar-refractivity contribution is 7.10. The van der Waals surface area contributed by atoms with Crippen LogP contribution in [0.25, 0.3) is 0 Å². The van der Waals surface area contributed by atoms with Crippen LogP contribution in [-0.2, 0) is 11.3 Å². The molecule has 0 radical (unpaired) electrons. The number of aryl methyl sites for hydroxylation is 2. The fraction of sp³-hybridized carbons (Fsp3) is 0.476. The van der Waals surface area contributed by atoms with Gasteiger partial charge in [0.2, 0.25) is 0 Å². The summed E-state index contributed by atoms with van der Waals surface area (Å²) in [7, 11) is 1.70. The second kappa shape index (κ2) is 10.3. The quantitative estimate of drug-likeness (QED) is 0.552. The number of benzene rings is 1. The highest BCUT2D eigenvalue weighted by atomic mass is 35.5. The van der Waals surface area contributed by atoms with Gasteiger partial charge in [0.05, 0.1) is 13.2 Å². The summed E-state index contributed by atoms with van der Waals surface area (Å²) in [4.78, 5) is 6.28. The molecule has 0 spiro atoms. The lowest BCUT2D eigenvalue weighted by molar-refractivity contribution is 0.172. The topological polar surface area (TPSA) is 59.3 Å². The van der Waals surface area contributed by atoms with E-state index >= 15 is 0 Å². The van der Waals surface area contributed by atoms with E-state index in [0.717, 1.165) is 32.0 Å². The maximum Gasteiger partial charge on any atom is 0.173 e. The lowest BCUT2D eigenvalue weighted by Gasteiger charge is -2.40. The van der Waals surface area contributed by atoms with Gasteiger partial charge in [-0.25, -0.2) is 4.68 Å². The minimum atomic E-state index is 0. The van der Waals surface area contributed by atoms with Crippen LogP contribution >= 0.6 is 23.7 Å². The molecule has 0 amide bonds. The fourth-order valence-corrected chi connectivity index (χ4v) is 4.80. The molecule has 4 rings (SSSR count). The number of halogens is 1. The van der Waals surface area contributed by atoms with Crippen molar-refractivity contribution in [3.8, 4) is 0 Å². The fourth-order valence-electron chi connectivity index (χ4n) is 3.94. The Labute approximate surface area is 188 Å². The number of thiophene rings is 1. The number of rotatable bonds is 7. The molecule has 7 nitrogen and oxygen atoms in total. The van der Waals surface area contributed by atoms with Crippen LogP contribution in [0, 0.1) is 13.8 Å². The Kier molecular flexibility index (Phi) is 7.82. The molecule has 3 aromatic rings. The largest absolute Gasteiger partial charge is 0.383 e. The van der Waals surface area contributed by atoms with Crippen LogP contribution in [0.4, 0.5) is 5.69 Å². The van der Waals surface area contributed by atoms with E-state index in [1.54, 1.807) is 18.4 Å². The summed E-state index contributed by atoms with van der Waals surface area (Å²) >= 11 is 1.76. The van der Waals surface area contributed by atoms with Crippen molar-refractivity contribution >= 4 is 29.4 Å². The SMILES string of the molecule is COCCn1nnnc1C(c1cccs1)N1CCN(c2cc(C)ccc2C)CC1.Cl. The second-order valence-electron chi connectivity index (χ2n) is 7.48. The van der Waals surface area contributed by atoms with Gasteiger partial charge in [0.1, 0.15) is 6.04 Å². The van der Waals surface area contributed by atoms with Crippen molar-refractivity contribution in [2.45, 2.75) is 26.4 Å². The summed E-state index contributed by atoms with van der Waals surface area (Å²) in [5.41, 5.74) is 3.99. The molecule has 3 heterocycles. The average molecular weight is 449 g/mol. The summed E-state index contributed by atoms with van der Waals surface area (Å²) in [6.07, 6.45) is 0. The van der Waals surface area contributed by atoms with Gasteiger partial charge in [0, 0.05) is 43.9 Å². The summed E-state index contributed by atoms with van der Waals surface area (Å²) in [6.45, 7) is 9.52. The van der Waals surface area contributed by atoms with Gasteiger partial charge in [-0.15, -0.1) is 28.8 Å². The van der Waals surface area contributed by atoms with E-state index in [-0.39, 0.29) is 18.4 Å². The number of piperazine rings is 1. The molecular formula is C21H29ClN6OS. The molecule has 2 aromatic heterocycles. The first kappa shape index (κ1) is 22.7. The van der Waals surface area contributed by atoms with Crippen LogP contribution in [0.5, 0.6) is 0 Å². The number of hydrogen-bond donors (Lipinski definition) is 0. The highest BCUT2D eigenvalue weighted by Gasteiger charge is 2.31. The number of methoxy groups -OCH3 is 1. The highest BCUT2D eigenvalue weighted by Crippen LogP contribution is 2.32. The molecule has 1 unspecified atom stereocenters. The smallest absolute Gasteiger partial charge is 0.173 e. The molecule has 0 N–H and O–H groups in total. The summed E-state index contributed by atoms with van der Waals surface area (Å²) in [5, 5.41) is 14.7. The molecule has 9 heteroatoms. The van der Waals surface area contributed by atoms with Gasteiger partial charge in [0.25, 0.3) is 0 Å². The first-order valence-corrected chi connectivity index (χ1v) is 10.9. The number of tetrazole rings is 1. The Hall–Kier alpha value is -2.00. The third-order valence-electron chi connectivity index (χ3n) is 5.51. The van der Waals surface area contributed by atoms with Gasteiger partial charge in [-0.2, -0.15) is 0 Å². The Morgan fingerprint density at radius 1 is 1.13 bits per heavy atom. The van der Waals surface area contributed by atoms with Crippen molar-refractivity contribution in [3.63, 3.8) is 0 Å². The van der Waals surface area contributed by atoms with Crippen molar-refractivity contribution in [2.24, 2.45) is 0 Å². The maximum atomic E-state index is 5.24. The van der Waals surface area contributed by atoms with E-state index in [2.05, 4.69) is 74.9 Å². The number of anilines is 1. The third-order valence-corrected chi connectivity index (χ3v) is 6.43. The van der Waals surface area contributed by atoms with Crippen molar-refractivity contribution in [1.29, 1.82) is 0 Å². The summed E-state index contributed by atoms with van der Waals surface area (Å²) in [5.74, 6) is 0.893. The number of ether oxygens (including phenoxy) is 1. The van der Waals surface area contributed by atoms with Gasteiger partial charge in [-0.1, -0.05) is 18.2 Å². The predicted octanol–water partition coefficient (Wildman–Crippen LogP) is 3.33. The van der Waals surface area contributed by atoms with Crippen molar-refractivity contribution < 1.29 is 4.74 Å². The maximum absolute atomic E-state index is 5.24. The zero-order valence-corrected chi connectivity index (χ0v) is 19.3. The standard InChI is InChI=1S/C21H28N6OS.ClH/c1-16-6-7-17(2)18(15-16)25-8-10-26(11-9-25)20(19-5-4-14-29-19)21-22-23-24-27(21)12-13-28-3;/h4-7,14-15,20H,8-13H2,1-3H3;1H. The van der Waals surface area contributed by atoms with E-state index in [0.29, 0.717) is 13.2 Å². The Bertz CT molecular complexity index is 923. The van der Waals surface area contributed by atoms with Crippen LogP contribution in [0.1, 0.15) is 27.9 Å². The van der Waals surface area contributed by atoms with Crippen molar-refractivity contribution in [3.05, 3.63) is 57.5 Å². The molecule has 0 aliphatic carbocycles. The zero-order valence-electron chi connectivity index (χ0n) is 17.7. The van der Waals surface area contributed by atoms with Crippen LogP contribution < -0.4 is 4.90 Å². The predicted molar refractivity (Wildman–Crippen MR) is 123 cm³/mol. The third kappa shape index (κ3) is 4.83. The molecule has 162 valence electrons. The molecule has 1 aromatic carbocycles. The van der Waals surface area contributed by atoms with Gasteiger partial charge in [-0.05, 0) is 52.9 Å². The van der Waals surface area contributed by atoms with Crippen LogP contribution in [0.3, 0.4) is 0 Å². The van der Waals surface area contributed by atoms with E-state index in [1.165, 1.54) is 21.7 Å². The molecule has 1 atom stereocenters. The van der Waals surface area contributed by atoms with Gasteiger partial charge < -0.3 is 9.64 Å². The van der Waals surface area contributed by atoms with Crippen LogP contribution in [0.15, 0.2) is 35.7 Å². The Morgan fingerprint density at radius 2 is 1.93 bits per heavy atom. The molecule has 0 bridgehead atoms. The Morgan fingerprint density at radius 3 is 2.63 bits per heavy atom. The molecule has 1 saturated heterocycles. The van der Waals surface area contributed by atoms with E-state index < -0.39 is 0 Å². The number of aromatic nitrogens is 4. The van der Waals surface area contributed by atoms with Crippen LogP contribution in [0.2, 0.25) is 0 Å². The molecular weight excluding hydrogens is 420 g/mol. The van der Waals surface area contributed by atoms with E-state index in [4.69, 9.17) is 4.74 Å². The average Bonchev–Trinajstić information content (AvgIpc) is 3.42. The molecule has 0 saturated carbocycles. The Balaban J connectivity index is 0.00000256. The lowest BCUT2D eigenvalue weighted by Crippen LogP contribution is -2.48. The van der Waals surface area contributed by atoms with Crippen molar-refractivity contribution in [1.82, 2.24) is 25.1 Å². The first-order chi connectivity index (χ1) is 14.2. The first-order valence-electron chi connectivity index (χ1n) is 10.0. The van der Waals surface area contributed by atoms with E-state index in [1.807, 2.05) is 4.68 Å². The van der Waals surface area contributed by atoms with Gasteiger partial charge in [0.15, 0.2) is 5.82 Å². The van der Waals surface area contributed by atoms with Crippen LogP contribution in [-0.4, -0.2) is 65.0 Å². The molecule has 1 aliphatic rings. The van der Waals surface area contributed by atoms with E-state index in [9.17, 15) is 0 Å². The minimum absolute atomic E-state index is 0. The molecule has 1 aliphatic heterocycles. The monoisotopic (exact) mass is 448 g/mol. The molecule has 30 heavy (non-hydrogen) atoms.